The zero-order chi connectivity index (χ0) is 32.3. The highest BCUT2D eigenvalue weighted by atomic mass is 16.3. The maximum Gasteiger partial charge on any atom is 0.136 e. The number of furan rings is 1. The maximum atomic E-state index is 6.40. The number of anilines is 3. The van der Waals surface area contributed by atoms with E-state index in [4.69, 9.17) is 4.42 Å². The Bertz CT molecular complexity index is 2810. The molecule has 3 nitrogen and oxygen atoms in total. The fraction of sp³-hybridized carbons (Fsp3) is 0. The number of hydrogen-bond acceptors (Lipinski definition) is 2. The predicted molar refractivity (Wildman–Crippen MR) is 206 cm³/mol. The van der Waals surface area contributed by atoms with Gasteiger partial charge in [-0.15, -0.1) is 0 Å². The summed E-state index contributed by atoms with van der Waals surface area (Å²) in [5.41, 5.74) is 11.0. The van der Waals surface area contributed by atoms with Crippen LogP contribution in [0.5, 0.6) is 0 Å². The summed E-state index contributed by atoms with van der Waals surface area (Å²) in [6.45, 7) is 0. The van der Waals surface area contributed by atoms with E-state index in [0.29, 0.717) is 0 Å². The van der Waals surface area contributed by atoms with Crippen LogP contribution in [0.1, 0.15) is 0 Å². The topological polar surface area (TPSA) is 21.3 Å². The lowest BCUT2D eigenvalue weighted by molar-refractivity contribution is 0.669. The molecule has 0 N–H and O–H groups in total. The molecule has 230 valence electrons. The minimum absolute atomic E-state index is 0.884. The quantitative estimate of drug-likeness (QED) is 0.190. The van der Waals surface area contributed by atoms with Gasteiger partial charge in [-0.3, -0.25) is 0 Å². The second-order valence-corrected chi connectivity index (χ2v) is 12.6. The summed E-state index contributed by atoms with van der Waals surface area (Å²) in [6, 6.07) is 65.0. The van der Waals surface area contributed by atoms with Crippen molar-refractivity contribution in [1.82, 2.24) is 4.57 Å². The van der Waals surface area contributed by atoms with E-state index < -0.39 is 0 Å². The molecule has 0 atom stereocenters. The van der Waals surface area contributed by atoms with E-state index in [2.05, 4.69) is 191 Å². The number of nitrogens with zero attached hydrogens (tertiary/aromatic N) is 2. The maximum absolute atomic E-state index is 6.40. The number of benzene rings is 8. The molecule has 8 aromatic carbocycles. The average molecular weight is 627 g/mol. The zero-order valence-electron chi connectivity index (χ0n) is 26.6. The van der Waals surface area contributed by atoms with Crippen LogP contribution in [0.2, 0.25) is 0 Å². The van der Waals surface area contributed by atoms with E-state index in [1.165, 1.54) is 43.7 Å². The van der Waals surface area contributed by atoms with Gasteiger partial charge >= 0.3 is 0 Å². The van der Waals surface area contributed by atoms with Gasteiger partial charge in [0.15, 0.2) is 0 Å². The molecule has 0 saturated carbocycles. The van der Waals surface area contributed by atoms with Crippen LogP contribution in [-0.4, -0.2) is 4.57 Å². The molecule has 3 heteroatoms. The van der Waals surface area contributed by atoms with E-state index in [0.717, 1.165) is 44.7 Å². The molecular formula is C46H30N2O. The van der Waals surface area contributed by atoms with Crippen LogP contribution in [0, 0.1) is 0 Å². The third-order valence-corrected chi connectivity index (χ3v) is 9.74. The van der Waals surface area contributed by atoms with Gasteiger partial charge in [0, 0.05) is 44.3 Å². The Balaban J connectivity index is 1.19. The number of fused-ring (bicyclic) bond motifs is 7. The summed E-state index contributed by atoms with van der Waals surface area (Å²) < 4.78 is 8.76. The molecule has 0 fully saturated rings. The van der Waals surface area contributed by atoms with Crippen LogP contribution in [0.25, 0.3) is 71.3 Å². The Labute approximate surface area is 283 Å². The van der Waals surface area contributed by atoms with Gasteiger partial charge in [0.05, 0.1) is 11.0 Å². The van der Waals surface area contributed by atoms with Gasteiger partial charge in [0.2, 0.25) is 0 Å². The molecule has 0 amide bonds. The molecule has 10 rings (SSSR count). The molecule has 0 spiro atoms. The summed E-state index contributed by atoms with van der Waals surface area (Å²) in [5.74, 6) is 0. The van der Waals surface area contributed by atoms with Crippen molar-refractivity contribution in [2.24, 2.45) is 0 Å². The van der Waals surface area contributed by atoms with Crippen molar-refractivity contribution in [3.05, 3.63) is 182 Å². The van der Waals surface area contributed by atoms with Crippen LogP contribution in [0.15, 0.2) is 186 Å². The van der Waals surface area contributed by atoms with Crippen molar-refractivity contribution in [2.45, 2.75) is 0 Å². The summed E-state index contributed by atoms with van der Waals surface area (Å²) >= 11 is 0. The van der Waals surface area contributed by atoms with Gasteiger partial charge < -0.3 is 13.9 Å². The smallest absolute Gasteiger partial charge is 0.136 e. The largest absolute Gasteiger partial charge is 0.456 e. The van der Waals surface area contributed by atoms with Crippen molar-refractivity contribution < 1.29 is 4.42 Å². The lowest BCUT2D eigenvalue weighted by Crippen LogP contribution is -2.09. The lowest BCUT2D eigenvalue weighted by Gasteiger charge is -2.26. The first-order chi connectivity index (χ1) is 24.3. The second kappa shape index (κ2) is 11.0. The number of hydrogen-bond donors (Lipinski definition) is 0. The highest BCUT2D eigenvalue weighted by Gasteiger charge is 2.19. The van der Waals surface area contributed by atoms with Gasteiger partial charge in [-0.25, -0.2) is 0 Å². The monoisotopic (exact) mass is 626 g/mol. The fourth-order valence-corrected chi connectivity index (χ4v) is 7.43. The van der Waals surface area contributed by atoms with E-state index in [1.54, 1.807) is 0 Å². The Kier molecular flexibility index (Phi) is 6.18. The van der Waals surface area contributed by atoms with Gasteiger partial charge in [0.25, 0.3) is 0 Å². The Hall–Kier alpha value is -6.58. The minimum atomic E-state index is 0.884. The molecule has 0 saturated heterocycles. The Morgan fingerprint density at radius 1 is 0.367 bits per heavy atom. The van der Waals surface area contributed by atoms with Crippen molar-refractivity contribution in [3.8, 4) is 16.8 Å². The van der Waals surface area contributed by atoms with Crippen LogP contribution >= 0.6 is 0 Å². The summed E-state index contributed by atoms with van der Waals surface area (Å²) in [5, 5.41) is 7.05. The molecule has 0 radical (unpaired) electrons. The summed E-state index contributed by atoms with van der Waals surface area (Å²) in [7, 11) is 0. The highest BCUT2D eigenvalue weighted by molar-refractivity contribution is 6.12. The van der Waals surface area contributed by atoms with Crippen LogP contribution in [-0.2, 0) is 0 Å². The summed E-state index contributed by atoms with van der Waals surface area (Å²) in [6.07, 6.45) is 0. The Morgan fingerprint density at radius 2 is 0.939 bits per heavy atom. The van der Waals surface area contributed by atoms with Crippen LogP contribution in [0.4, 0.5) is 17.1 Å². The van der Waals surface area contributed by atoms with Gasteiger partial charge in [0.1, 0.15) is 11.2 Å². The molecule has 2 aromatic heterocycles. The third kappa shape index (κ3) is 4.51. The van der Waals surface area contributed by atoms with E-state index in [-0.39, 0.29) is 0 Å². The van der Waals surface area contributed by atoms with E-state index in [1.807, 2.05) is 0 Å². The SMILES string of the molecule is c1ccc(-c2ccc(N(c3ccc4oc5cc6ccccc6cc5c4c3)c3ccc4c(c3)c3ccccc3n4-c3ccccc3)cc2)cc1. The first kappa shape index (κ1) is 27.5. The normalized spacial score (nSPS) is 11.7. The number of para-hydroxylation sites is 2. The molecule has 0 aliphatic rings. The van der Waals surface area contributed by atoms with E-state index in [9.17, 15) is 0 Å². The third-order valence-electron chi connectivity index (χ3n) is 9.74. The Morgan fingerprint density at radius 3 is 1.73 bits per heavy atom. The van der Waals surface area contributed by atoms with Gasteiger partial charge in [-0.1, -0.05) is 103 Å². The second-order valence-electron chi connectivity index (χ2n) is 12.6. The standard InChI is InChI=1S/C46H30N2O/c1-3-11-31(12-4-1)32-19-21-36(22-20-32)47(38-24-26-45-42(30-38)41-27-33-13-7-8-14-34(33)28-46(41)49-45)37-23-25-44-40(29-37)39-17-9-10-18-43(39)48(44)35-15-5-2-6-16-35/h1-30H. The predicted octanol–water partition coefficient (Wildman–Crippen LogP) is 13.0. The first-order valence-electron chi connectivity index (χ1n) is 16.7. The molecule has 0 aliphatic heterocycles. The minimum Gasteiger partial charge on any atom is -0.456 e. The van der Waals surface area contributed by atoms with Gasteiger partial charge in [-0.2, -0.15) is 0 Å². The summed E-state index contributed by atoms with van der Waals surface area (Å²) in [4.78, 5) is 2.36. The molecule has 0 aliphatic carbocycles. The van der Waals surface area contributed by atoms with E-state index >= 15 is 0 Å². The lowest BCUT2D eigenvalue weighted by atomic mass is 10.0. The number of aromatic nitrogens is 1. The first-order valence-corrected chi connectivity index (χ1v) is 16.7. The average Bonchev–Trinajstić information content (AvgIpc) is 3.69. The molecule has 0 unspecified atom stereocenters. The molecule has 0 bridgehead atoms. The molecule has 49 heavy (non-hydrogen) atoms. The van der Waals surface area contributed by atoms with Crippen molar-refractivity contribution >= 4 is 71.6 Å². The molecule has 2 heterocycles. The van der Waals surface area contributed by atoms with Crippen molar-refractivity contribution in [2.75, 3.05) is 4.90 Å². The highest BCUT2D eigenvalue weighted by Crippen LogP contribution is 2.42. The van der Waals surface area contributed by atoms with Crippen LogP contribution in [0.3, 0.4) is 0 Å². The van der Waals surface area contributed by atoms with Crippen LogP contribution < -0.4 is 4.90 Å². The van der Waals surface area contributed by atoms with Crippen molar-refractivity contribution in [3.63, 3.8) is 0 Å². The molecular weight excluding hydrogens is 597 g/mol. The zero-order valence-corrected chi connectivity index (χ0v) is 26.6. The number of rotatable bonds is 5. The fourth-order valence-electron chi connectivity index (χ4n) is 7.43. The molecule has 10 aromatic rings. The van der Waals surface area contributed by atoms with Gasteiger partial charge in [-0.05, 0) is 101 Å². The van der Waals surface area contributed by atoms with Crippen molar-refractivity contribution in [1.29, 1.82) is 0 Å².